The molecule has 202 valence electrons. The molecule has 1 N–H and O–H groups in total. The second-order valence-corrected chi connectivity index (χ2v) is 11.1. The number of halogens is 3. The van der Waals surface area contributed by atoms with Crippen LogP contribution >= 0.6 is 50.9 Å². The number of nitrogens with zero attached hydrogens (tertiary/aromatic N) is 1. The second kappa shape index (κ2) is 12.9. The number of hydrogen-bond donors (Lipinski definition) is 1. The van der Waals surface area contributed by atoms with Gasteiger partial charge in [-0.3, -0.25) is 19.3 Å². The van der Waals surface area contributed by atoms with Crippen LogP contribution in [0.25, 0.3) is 6.08 Å². The highest BCUT2D eigenvalue weighted by molar-refractivity contribution is 9.10. The Labute approximate surface area is 248 Å². The van der Waals surface area contributed by atoms with Crippen molar-refractivity contribution >= 4 is 79.7 Å². The van der Waals surface area contributed by atoms with Crippen LogP contribution in [0.4, 0.5) is 10.5 Å². The predicted molar refractivity (Wildman–Crippen MR) is 159 cm³/mol. The summed E-state index contributed by atoms with van der Waals surface area (Å²) >= 11 is 16.9. The van der Waals surface area contributed by atoms with Gasteiger partial charge in [-0.1, -0.05) is 63.4 Å². The molecule has 1 heterocycles. The van der Waals surface area contributed by atoms with Gasteiger partial charge in [0.25, 0.3) is 17.1 Å². The molecular weight excluding hydrogens is 627 g/mol. The second-order valence-electron chi connectivity index (χ2n) is 8.42. The highest BCUT2D eigenvalue weighted by Gasteiger charge is 2.35. The van der Waals surface area contributed by atoms with Gasteiger partial charge in [-0.25, -0.2) is 0 Å². The smallest absolute Gasteiger partial charge is 0.293 e. The number of hydrogen-bond acceptors (Lipinski definition) is 6. The zero-order chi connectivity index (χ0) is 28.1. The van der Waals surface area contributed by atoms with Gasteiger partial charge in [0.1, 0.15) is 0 Å². The number of rotatable bonds is 9. The summed E-state index contributed by atoms with van der Waals surface area (Å²) in [6, 6.07) is 15.8. The van der Waals surface area contributed by atoms with Gasteiger partial charge in [0.15, 0.2) is 18.1 Å². The van der Waals surface area contributed by atoms with Crippen LogP contribution < -0.4 is 14.8 Å². The summed E-state index contributed by atoms with van der Waals surface area (Å²) in [6.07, 6.45) is 1.58. The number of amides is 3. The average molecular weight is 650 g/mol. The van der Waals surface area contributed by atoms with Crippen molar-refractivity contribution < 1.29 is 23.9 Å². The number of benzene rings is 3. The van der Waals surface area contributed by atoms with Crippen LogP contribution in [-0.4, -0.2) is 35.2 Å². The van der Waals surface area contributed by atoms with Crippen molar-refractivity contribution in [1.82, 2.24) is 4.90 Å². The van der Waals surface area contributed by atoms with Gasteiger partial charge in [0.05, 0.1) is 23.1 Å². The molecule has 7 nitrogen and oxygen atoms in total. The number of anilines is 1. The molecule has 3 amide bonds. The Morgan fingerprint density at radius 2 is 1.85 bits per heavy atom. The van der Waals surface area contributed by atoms with Crippen molar-refractivity contribution in [3.8, 4) is 11.5 Å². The highest BCUT2D eigenvalue weighted by Crippen LogP contribution is 2.39. The van der Waals surface area contributed by atoms with E-state index in [-0.39, 0.29) is 34.1 Å². The molecule has 0 radical (unpaired) electrons. The summed E-state index contributed by atoms with van der Waals surface area (Å²) in [7, 11) is 0. The standard InChI is InChI=1S/C28H23BrCl2N2O5S/c1-3-37-23-11-17(12-24-27(35)33(28(36)39-24)14-18-6-4-5-7-20(18)29)10-22(31)26(23)38-15-25(34)32-19-9-8-16(2)21(30)13-19/h4-13H,3,14-15H2,1-2H3,(H,32,34)/b24-12-. The van der Waals surface area contributed by atoms with Crippen molar-refractivity contribution in [1.29, 1.82) is 0 Å². The number of carbonyl (C=O) groups is 3. The fourth-order valence-electron chi connectivity index (χ4n) is 3.66. The molecule has 0 bridgehead atoms. The first-order chi connectivity index (χ1) is 18.7. The molecule has 4 rings (SSSR count). The number of nitrogens with one attached hydrogen (secondary N) is 1. The Balaban J connectivity index is 1.49. The molecule has 11 heteroatoms. The molecule has 1 saturated heterocycles. The van der Waals surface area contributed by atoms with E-state index < -0.39 is 11.8 Å². The first-order valence-corrected chi connectivity index (χ1v) is 14.2. The minimum atomic E-state index is -0.406. The summed E-state index contributed by atoms with van der Waals surface area (Å²) in [5, 5.41) is 3.09. The normalized spacial score (nSPS) is 14.2. The maximum Gasteiger partial charge on any atom is 0.293 e. The summed E-state index contributed by atoms with van der Waals surface area (Å²) in [6.45, 7) is 3.81. The van der Waals surface area contributed by atoms with Gasteiger partial charge >= 0.3 is 0 Å². The van der Waals surface area contributed by atoms with Gasteiger partial charge in [-0.05, 0) is 78.7 Å². The predicted octanol–water partition coefficient (Wildman–Crippen LogP) is 7.72. The van der Waals surface area contributed by atoms with Gasteiger partial charge in [-0.15, -0.1) is 0 Å². The molecule has 0 aromatic heterocycles. The molecule has 1 aliphatic rings. The van der Waals surface area contributed by atoms with Crippen LogP contribution in [0.1, 0.15) is 23.6 Å². The third-order valence-electron chi connectivity index (χ3n) is 5.59. The van der Waals surface area contributed by atoms with Crippen LogP contribution in [0.2, 0.25) is 10.0 Å². The van der Waals surface area contributed by atoms with E-state index in [1.165, 1.54) is 4.90 Å². The van der Waals surface area contributed by atoms with E-state index >= 15 is 0 Å². The fourth-order valence-corrected chi connectivity index (χ4v) is 5.37. The van der Waals surface area contributed by atoms with Gasteiger partial charge in [0, 0.05) is 15.2 Å². The third kappa shape index (κ3) is 7.16. The van der Waals surface area contributed by atoms with E-state index in [0.717, 1.165) is 27.4 Å². The average Bonchev–Trinajstić information content (AvgIpc) is 3.14. The Morgan fingerprint density at radius 3 is 2.56 bits per heavy atom. The molecule has 0 saturated carbocycles. The zero-order valence-electron chi connectivity index (χ0n) is 20.9. The number of carbonyl (C=O) groups excluding carboxylic acids is 3. The van der Waals surface area contributed by atoms with Gasteiger partial charge in [-0.2, -0.15) is 0 Å². The molecule has 1 aliphatic heterocycles. The number of thioether (sulfide) groups is 1. The van der Waals surface area contributed by atoms with Crippen LogP contribution in [0, 0.1) is 6.92 Å². The van der Waals surface area contributed by atoms with Crippen LogP contribution in [0.5, 0.6) is 11.5 Å². The molecule has 0 aliphatic carbocycles. The van der Waals surface area contributed by atoms with E-state index in [2.05, 4.69) is 21.2 Å². The summed E-state index contributed by atoms with van der Waals surface area (Å²) < 4.78 is 12.2. The van der Waals surface area contributed by atoms with Crippen molar-refractivity contribution in [3.63, 3.8) is 0 Å². The van der Waals surface area contributed by atoms with Crippen molar-refractivity contribution in [2.75, 3.05) is 18.5 Å². The molecule has 0 unspecified atom stereocenters. The summed E-state index contributed by atoms with van der Waals surface area (Å²) in [5.41, 5.74) is 2.80. The number of ether oxygens (including phenoxy) is 2. The molecule has 3 aromatic rings. The minimum absolute atomic E-state index is 0.151. The number of imide groups is 1. The molecule has 0 spiro atoms. The van der Waals surface area contributed by atoms with Crippen molar-refractivity contribution in [3.05, 3.63) is 90.7 Å². The SMILES string of the molecule is CCOc1cc(/C=C2\SC(=O)N(Cc3ccccc3Br)C2=O)cc(Cl)c1OCC(=O)Nc1ccc(C)c(Cl)c1. The van der Waals surface area contributed by atoms with E-state index in [0.29, 0.717) is 28.6 Å². The highest BCUT2D eigenvalue weighted by atomic mass is 79.9. The first kappa shape index (κ1) is 29.0. The maximum atomic E-state index is 13.0. The first-order valence-electron chi connectivity index (χ1n) is 11.8. The number of aryl methyl sites for hydroxylation is 1. The molecule has 1 fully saturated rings. The van der Waals surface area contributed by atoms with E-state index in [1.54, 1.807) is 43.3 Å². The minimum Gasteiger partial charge on any atom is -0.490 e. The van der Waals surface area contributed by atoms with Crippen molar-refractivity contribution in [2.45, 2.75) is 20.4 Å². The van der Waals surface area contributed by atoms with Crippen LogP contribution in [0.15, 0.2) is 64.0 Å². The summed E-state index contributed by atoms with van der Waals surface area (Å²) in [5.74, 6) is -0.316. The lowest BCUT2D eigenvalue weighted by atomic mass is 10.1. The van der Waals surface area contributed by atoms with Crippen LogP contribution in [0.3, 0.4) is 0 Å². The molecular formula is C28H23BrCl2N2O5S. The Bertz CT molecular complexity index is 1480. The van der Waals surface area contributed by atoms with Gasteiger partial charge in [0.2, 0.25) is 0 Å². The quantitative estimate of drug-likeness (QED) is 0.239. The Hall–Kier alpha value is -2.98. The third-order valence-corrected chi connectivity index (χ3v) is 7.96. The Kier molecular flexibility index (Phi) is 9.61. The van der Waals surface area contributed by atoms with E-state index in [4.69, 9.17) is 32.7 Å². The maximum absolute atomic E-state index is 13.0. The lowest BCUT2D eigenvalue weighted by molar-refractivity contribution is -0.123. The van der Waals surface area contributed by atoms with Crippen LogP contribution in [-0.2, 0) is 16.1 Å². The molecule has 0 atom stereocenters. The Morgan fingerprint density at radius 1 is 1.08 bits per heavy atom. The van der Waals surface area contributed by atoms with E-state index in [1.807, 2.05) is 31.2 Å². The lowest BCUT2D eigenvalue weighted by Crippen LogP contribution is -2.27. The summed E-state index contributed by atoms with van der Waals surface area (Å²) in [4.78, 5) is 39.5. The topological polar surface area (TPSA) is 84.9 Å². The molecule has 3 aromatic carbocycles. The fraction of sp³-hybridized carbons (Fsp3) is 0.179. The largest absolute Gasteiger partial charge is 0.490 e. The monoisotopic (exact) mass is 648 g/mol. The zero-order valence-corrected chi connectivity index (χ0v) is 24.8. The molecule has 39 heavy (non-hydrogen) atoms. The van der Waals surface area contributed by atoms with Gasteiger partial charge < -0.3 is 14.8 Å². The van der Waals surface area contributed by atoms with E-state index in [9.17, 15) is 14.4 Å². The van der Waals surface area contributed by atoms with Crippen molar-refractivity contribution in [2.24, 2.45) is 0 Å². The lowest BCUT2D eigenvalue weighted by Gasteiger charge is -2.15.